The molecular formula is C25H27BN2SiY-. The Balaban J connectivity index is 0.00000128. The van der Waals surface area contributed by atoms with Gasteiger partial charge < -0.3 is 4.98 Å². The Hall–Kier alpha value is -1.09. The van der Waals surface area contributed by atoms with E-state index in [1.54, 1.807) is 16.9 Å². The molecule has 1 fully saturated rings. The monoisotopic (exact) mass is 483 g/mol. The molecule has 30 heavy (non-hydrogen) atoms. The van der Waals surface area contributed by atoms with Gasteiger partial charge in [-0.05, 0) is 18.5 Å². The summed E-state index contributed by atoms with van der Waals surface area (Å²) in [6.07, 6.45) is 12.9. The van der Waals surface area contributed by atoms with Gasteiger partial charge in [0.1, 0.15) is 12.7 Å². The first-order valence-electron chi connectivity index (χ1n) is 10.6. The van der Waals surface area contributed by atoms with Crippen LogP contribution in [0.15, 0.2) is 42.7 Å². The van der Waals surface area contributed by atoms with Crippen LogP contribution in [0.1, 0.15) is 30.4 Å². The van der Waals surface area contributed by atoms with E-state index < -0.39 is 8.07 Å². The van der Waals surface area contributed by atoms with Gasteiger partial charge in [-0.2, -0.15) is 29.3 Å². The number of aryl methyl sites for hydroxylation is 3. The van der Waals surface area contributed by atoms with Crippen LogP contribution >= 0.6 is 0 Å². The topological polar surface area (TPSA) is 16.8 Å². The van der Waals surface area contributed by atoms with Crippen molar-refractivity contribution in [3.05, 3.63) is 66.1 Å². The summed E-state index contributed by atoms with van der Waals surface area (Å²) in [6.45, 7) is 2.20. The van der Waals surface area contributed by atoms with Crippen molar-refractivity contribution in [1.82, 2.24) is 4.98 Å². The maximum absolute atomic E-state index is 4.16. The summed E-state index contributed by atoms with van der Waals surface area (Å²) in [7, 11) is 0.928. The smallest absolute Gasteiger partial charge is 0.165 e. The molecule has 3 aromatic rings. The number of rotatable bonds is 2. The summed E-state index contributed by atoms with van der Waals surface area (Å²) < 4.78 is 2.32. The zero-order valence-electron chi connectivity index (χ0n) is 18.0. The number of benzene rings is 1. The van der Waals surface area contributed by atoms with E-state index in [4.69, 9.17) is 0 Å². The van der Waals surface area contributed by atoms with Crippen molar-refractivity contribution in [3.63, 3.8) is 0 Å². The van der Waals surface area contributed by atoms with Crippen LogP contribution < -0.4 is 9.75 Å². The van der Waals surface area contributed by atoms with Crippen LogP contribution in [0.3, 0.4) is 0 Å². The fraction of sp³-hybridized carbons (Fsp3) is 0.360. The predicted molar refractivity (Wildman–Crippen MR) is 122 cm³/mol. The van der Waals surface area contributed by atoms with Crippen LogP contribution in [0.5, 0.6) is 0 Å². The van der Waals surface area contributed by atoms with E-state index in [0.29, 0.717) is 0 Å². The molecule has 0 amide bonds. The molecule has 2 aliphatic heterocycles. The van der Waals surface area contributed by atoms with Crippen molar-refractivity contribution in [1.29, 1.82) is 0 Å². The second-order valence-corrected chi connectivity index (χ2v) is 13.2. The van der Waals surface area contributed by atoms with Crippen LogP contribution in [-0.2, 0) is 46.2 Å². The van der Waals surface area contributed by atoms with Crippen molar-refractivity contribution >= 4 is 21.7 Å². The van der Waals surface area contributed by atoms with Gasteiger partial charge >= 0.3 is 0 Å². The predicted octanol–water partition coefficient (Wildman–Crippen LogP) is 4.16. The number of aromatic nitrogens is 2. The van der Waals surface area contributed by atoms with Gasteiger partial charge in [0.25, 0.3) is 0 Å². The third-order valence-corrected chi connectivity index (χ3v) is 12.4. The van der Waals surface area contributed by atoms with Gasteiger partial charge in [0.2, 0.25) is 0 Å². The summed E-state index contributed by atoms with van der Waals surface area (Å²) in [5.41, 5.74) is 7.49. The summed E-state index contributed by atoms with van der Waals surface area (Å²) in [5.74, 6) is 0. The van der Waals surface area contributed by atoms with Gasteiger partial charge in [-0.3, -0.25) is 0 Å². The number of hydrogen-bond donors (Lipinski definition) is 0. The summed E-state index contributed by atoms with van der Waals surface area (Å²) in [4.78, 5) is 4.16. The van der Waals surface area contributed by atoms with Crippen LogP contribution in [0.4, 0.5) is 0 Å². The normalized spacial score (nSPS) is 16.5. The van der Waals surface area contributed by atoms with Gasteiger partial charge in [-0.1, -0.05) is 61.4 Å². The van der Waals surface area contributed by atoms with Gasteiger partial charge in [0, 0.05) is 46.7 Å². The van der Waals surface area contributed by atoms with Crippen LogP contribution in [0.2, 0.25) is 18.1 Å². The Labute approximate surface area is 209 Å². The minimum absolute atomic E-state index is 0. The third kappa shape index (κ3) is 4.16. The molecule has 1 spiro atoms. The molecule has 1 aromatic carbocycles. The molecule has 2 aliphatic rings. The molecule has 148 valence electrons. The number of hydrogen-bond acceptors (Lipinski definition) is 1. The second-order valence-electron chi connectivity index (χ2n) is 8.64. The van der Waals surface area contributed by atoms with Gasteiger partial charge in [-0.15, -0.1) is 17.7 Å². The second kappa shape index (κ2) is 9.59. The molecule has 5 rings (SSSR count). The van der Waals surface area contributed by atoms with E-state index >= 15 is 0 Å². The van der Waals surface area contributed by atoms with Crippen molar-refractivity contribution in [2.24, 2.45) is 7.05 Å². The maximum atomic E-state index is 4.16. The fourth-order valence-corrected chi connectivity index (χ4v) is 10.8. The minimum Gasteiger partial charge on any atom is -0.369 e. The molecular weight excluding hydrogens is 456 g/mol. The first-order chi connectivity index (χ1) is 13.7. The zero-order chi connectivity index (χ0) is 19.1. The molecule has 0 N–H and O–H groups in total. The first-order valence-corrected chi connectivity index (χ1v) is 13.2. The average molecular weight is 483 g/mol. The van der Waals surface area contributed by atoms with E-state index in [1.807, 2.05) is 6.07 Å². The Kier molecular flexibility index (Phi) is 7.53. The van der Waals surface area contributed by atoms with Gasteiger partial charge in [-0.25, -0.2) is 4.57 Å². The Bertz CT molecular complexity index is 1030. The molecule has 4 radical (unpaired) electrons. The molecule has 2 nitrogen and oxygen atoms in total. The summed E-state index contributed by atoms with van der Waals surface area (Å²) in [5, 5.41) is 1.76. The third-order valence-electron chi connectivity index (χ3n) is 6.92. The van der Waals surface area contributed by atoms with Crippen LogP contribution in [0.25, 0.3) is 22.4 Å². The molecule has 0 atom stereocenters. The van der Waals surface area contributed by atoms with Crippen LogP contribution in [-0.4, -0.2) is 21.5 Å². The Morgan fingerprint density at radius 2 is 1.83 bits per heavy atom. The number of pyridine rings is 2. The van der Waals surface area contributed by atoms with Gasteiger partial charge in [0.15, 0.2) is 6.20 Å². The van der Waals surface area contributed by atoms with Crippen molar-refractivity contribution in [3.8, 4) is 22.4 Å². The van der Waals surface area contributed by atoms with E-state index in [-0.39, 0.29) is 41.1 Å². The molecule has 0 aliphatic carbocycles. The first kappa shape index (κ1) is 23.6. The SMILES string of the molecule is Cc1ccc(-c2[c-]nccc2)[c-]c1-c1cc2c(c[n+]1C)CC[Si]21CCCCC1.[B].[Y]. The molecule has 4 heterocycles. The van der Waals surface area contributed by atoms with E-state index in [9.17, 15) is 0 Å². The standard InChI is InChI=1S/C25H27N2Si.B.Y/c1-19-8-9-20(21-7-6-11-26-17-21)15-23(19)24-16-25-22(18-27(24)2)10-14-28(25)12-4-3-5-13-28;;/h6-9,11,16,18H,3-5,10,12-14H2,1-2H3;;/q-1;;. The van der Waals surface area contributed by atoms with E-state index in [1.165, 1.54) is 60.6 Å². The van der Waals surface area contributed by atoms with Crippen molar-refractivity contribution < 1.29 is 37.3 Å². The Morgan fingerprint density at radius 3 is 2.57 bits per heavy atom. The Morgan fingerprint density at radius 1 is 1.03 bits per heavy atom. The quantitative estimate of drug-likeness (QED) is 0.304. The molecule has 0 saturated carbocycles. The largest absolute Gasteiger partial charge is 0.369 e. The van der Waals surface area contributed by atoms with Crippen LogP contribution in [0, 0.1) is 19.2 Å². The fourth-order valence-electron chi connectivity index (χ4n) is 5.37. The molecule has 0 unspecified atom stereocenters. The molecule has 2 aromatic heterocycles. The number of fused-ring (bicyclic) bond motifs is 2. The van der Waals surface area contributed by atoms with Crippen molar-refractivity contribution in [2.75, 3.05) is 0 Å². The average Bonchev–Trinajstić information content (AvgIpc) is 3.06. The zero-order valence-corrected chi connectivity index (χ0v) is 21.9. The molecule has 0 bridgehead atoms. The summed E-state index contributed by atoms with van der Waals surface area (Å²) in [6, 6.07) is 19.1. The van der Waals surface area contributed by atoms with Crippen molar-refractivity contribution in [2.45, 2.75) is 50.7 Å². The summed E-state index contributed by atoms with van der Waals surface area (Å²) >= 11 is 0. The minimum atomic E-state index is -1.27. The molecule has 1 saturated heterocycles. The maximum Gasteiger partial charge on any atom is 0.165 e. The molecule has 5 heteroatoms. The van der Waals surface area contributed by atoms with Gasteiger partial charge in [0.05, 0.1) is 8.07 Å². The van der Waals surface area contributed by atoms with E-state index in [2.05, 4.69) is 66.2 Å². The van der Waals surface area contributed by atoms with E-state index in [0.717, 1.165) is 11.1 Å². The number of nitrogens with zero attached hydrogens (tertiary/aromatic N) is 2.